The number of fused-ring (bicyclic) bond motifs is 1. The molecule has 2 heterocycles. The van der Waals surface area contributed by atoms with Crippen LogP contribution >= 0.6 is 0 Å². The molecule has 18 heavy (non-hydrogen) atoms. The number of carbonyl (C=O) groups is 1. The molecule has 1 saturated heterocycles. The number of hydrogen-bond donors (Lipinski definition) is 3. The van der Waals surface area contributed by atoms with Gasteiger partial charge < -0.3 is 10.3 Å². The van der Waals surface area contributed by atoms with Gasteiger partial charge in [-0.15, -0.1) is 0 Å². The van der Waals surface area contributed by atoms with Gasteiger partial charge in [0.1, 0.15) is 0 Å². The van der Waals surface area contributed by atoms with Crippen LogP contribution in [0.5, 0.6) is 0 Å². The van der Waals surface area contributed by atoms with Crippen molar-refractivity contribution in [3.05, 3.63) is 24.3 Å². The van der Waals surface area contributed by atoms with Gasteiger partial charge in [-0.3, -0.25) is 10.1 Å². The van der Waals surface area contributed by atoms with E-state index in [0.717, 1.165) is 24.1 Å². The van der Waals surface area contributed by atoms with Gasteiger partial charge in [0.2, 0.25) is 11.9 Å². The van der Waals surface area contributed by atoms with Gasteiger partial charge in [-0.2, -0.15) is 0 Å². The normalized spacial score (nSPS) is 23.4. The van der Waals surface area contributed by atoms with Gasteiger partial charge in [-0.05, 0) is 24.6 Å². The zero-order valence-electron chi connectivity index (χ0n) is 10.2. The quantitative estimate of drug-likeness (QED) is 0.747. The standard InChI is InChI=1S/C13H16N4O/c1-8-6-14-7-9(8)12(18)17-13-15-10-4-2-3-5-11(10)16-13/h2-5,8-9,14H,6-7H2,1H3,(H2,15,16,17,18). The summed E-state index contributed by atoms with van der Waals surface area (Å²) in [6, 6.07) is 7.73. The first-order chi connectivity index (χ1) is 8.74. The monoisotopic (exact) mass is 244 g/mol. The first kappa shape index (κ1) is 11.2. The van der Waals surface area contributed by atoms with E-state index in [1.165, 1.54) is 0 Å². The second kappa shape index (κ2) is 4.42. The fourth-order valence-electron chi connectivity index (χ4n) is 2.38. The van der Waals surface area contributed by atoms with Crippen LogP contribution in [-0.2, 0) is 4.79 Å². The van der Waals surface area contributed by atoms with Crippen molar-refractivity contribution < 1.29 is 4.79 Å². The van der Waals surface area contributed by atoms with Gasteiger partial charge in [0, 0.05) is 6.54 Å². The molecule has 1 amide bonds. The van der Waals surface area contributed by atoms with E-state index in [9.17, 15) is 4.79 Å². The summed E-state index contributed by atoms with van der Waals surface area (Å²) in [7, 11) is 0. The lowest BCUT2D eigenvalue weighted by Gasteiger charge is -2.12. The van der Waals surface area contributed by atoms with Gasteiger partial charge in [0.15, 0.2) is 0 Å². The second-order valence-electron chi connectivity index (χ2n) is 4.83. The van der Waals surface area contributed by atoms with Gasteiger partial charge in [0.25, 0.3) is 0 Å². The van der Waals surface area contributed by atoms with Crippen molar-refractivity contribution in [2.24, 2.45) is 11.8 Å². The Morgan fingerprint density at radius 2 is 2.22 bits per heavy atom. The number of nitrogens with one attached hydrogen (secondary N) is 3. The molecule has 1 aromatic carbocycles. The SMILES string of the molecule is CC1CNCC1C(=O)Nc1nc2ccccc2[nH]1. The lowest BCUT2D eigenvalue weighted by molar-refractivity contribution is -0.120. The Balaban J connectivity index is 1.77. The van der Waals surface area contributed by atoms with E-state index < -0.39 is 0 Å². The van der Waals surface area contributed by atoms with E-state index in [-0.39, 0.29) is 11.8 Å². The van der Waals surface area contributed by atoms with E-state index in [4.69, 9.17) is 0 Å². The number of aromatic amines is 1. The number of para-hydroxylation sites is 2. The van der Waals surface area contributed by atoms with E-state index in [1.807, 2.05) is 24.3 Å². The summed E-state index contributed by atoms with van der Waals surface area (Å²) in [6.45, 7) is 3.73. The molecule has 0 bridgehead atoms. The number of nitrogens with zero attached hydrogens (tertiary/aromatic N) is 1. The highest BCUT2D eigenvalue weighted by atomic mass is 16.2. The van der Waals surface area contributed by atoms with Crippen molar-refractivity contribution >= 4 is 22.9 Å². The van der Waals surface area contributed by atoms with Crippen molar-refractivity contribution in [1.29, 1.82) is 0 Å². The number of rotatable bonds is 2. The minimum absolute atomic E-state index is 0.0261. The van der Waals surface area contributed by atoms with E-state index in [0.29, 0.717) is 11.9 Å². The maximum atomic E-state index is 12.1. The number of benzene rings is 1. The van der Waals surface area contributed by atoms with Crippen molar-refractivity contribution in [2.75, 3.05) is 18.4 Å². The zero-order chi connectivity index (χ0) is 12.5. The molecule has 2 unspecified atom stereocenters. The molecule has 2 atom stereocenters. The Morgan fingerprint density at radius 3 is 2.94 bits per heavy atom. The van der Waals surface area contributed by atoms with Crippen LogP contribution in [0, 0.1) is 11.8 Å². The average molecular weight is 244 g/mol. The molecule has 94 valence electrons. The number of hydrogen-bond acceptors (Lipinski definition) is 3. The number of imidazole rings is 1. The fraction of sp³-hybridized carbons (Fsp3) is 0.385. The van der Waals surface area contributed by atoms with Crippen LogP contribution in [0.15, 0.2) is 24.3 Å². The summed E-state index contributed by atoms with van der Waals surface area (Å²) in [5.41, 5.74) is 1.80. The first-order valence-electron chi connectivity index (χ1n) is 6.20. The molecule has 3 N–H and O–H groups in total. The molecule has 0 aliphatic carbocycles. The number of carbonyl (C=O) groups excluding carboxylic acids is 1. The highest BCUT2D eigenvalue weighted by Gasteiger charge is 2.29. The molecular weight excluding hydrogens is 228 g/mol. The molecule has 1 aromatic heterocycles. The van der Waals surface area contributed by atoms with Crippen molar-refractivity contribution in [3.8, 4) is 0 Å². The minimum atomic E-state index is 0.0261. The molecule has 3 rings (SSSR count). The summed E-state index contributed by atoms with van der Waals surface area (Å²) in [6.07, 6.45) is 0. The third kappa shape index (κ3) is 1.97. The van der Waals surface area contributed by atoms with Gasteiger partial charge in [-0.25, -0.2) is 4.98 Å². The summed E-state index contributed by atoms with van der Waals surface area (Å²) < 4.78 is 0. The van der Waals surface area contributed by atoms with Crippen LogP contribution in [0.3, 0.4) is 0 Å². The molecule has 1 fully saturated rings. The Bertz CT molecular complexity index is 544. The Kier molecular flexibility index (Phi) is 2.76. The fourth-order valence-corrected chi connectivity index (χ4v) is 2.38. The van der Waals surface area contributed by atoms with Crippen LogP contribution in [0.4, 0.5) is 5.95 Å². The smallest absolute Gasteiger partial charge is 0.231 e. The van der Waals surface area contributed by atoms with Gasteiger partial charge in [-0.1, -0.05) is 19.1 Å². The summed E-state index contributed by atoms with van der Waals surface area (Å²) in [5, 5.41) is 6.08. The highest BCUT2D eigenvalue weighted by molar-refractivity contribution is 5.93. The molecule has 5 heteroatoms. The number of anilines is 1. The van der Waals surface area contributed by atoms with Crippen LogP contribution in [0.25, 0.3) is 11.0 Å². The van der Waals surface area contributed by atoms with Crippen LogP contribution in [0.2, 0.25) is 0 Å². The third-order valence-corrected chi connectivity index (χ3v) is 3.49. The third-order valence-electron chi connectivity index (χ3n) is 3.49. The summed E-state index contributed by atoms with van der Waals surface area (Å²) >= 11 is 0. The van der Waals surface area contributed by atoms with E-state index in [1.54, 1.807) is 0 Å². The Labute approximate surface area is 105 Å². The average Bonchev–Trinajstić information content (AvgIpc) is 2.94. The number of aromatic nitrogens is 2. The summed E-state index contributed by atoms with van der Waals surface area (Å²) in [4.78, 5) is 19.5. The van der Waals surface area contributed by atoms with Crippen LogP contribution in [-0.4, -0.2) is 29.0 Å². The second-order valence-corrected chi connectivity index (χ2v) is 4.83. The van der Waals surface area contributed by atoms with Crippen molar-refractivity contribution in [2.45, 2.75) is 6.92 Å². The molecule has 0 radical (unpaired) electrons. The maximum absolute atomic E-state index is 12.1. The number of amides is 1. The van der Waals surface area contributed by atoms with Crippen LogP contribution in [0.1, 0.15) is 6.92 Å². The topological polar surface area (TPSA) is 69.8 Å². The van der Waals surface area contributed by atoms with Crippen molar-refractivity contribution in [1.82, 2.24) is 15.3 Å². The van der Waals surface area contributed by atoms with E-state index >= 15 is 0 Å². The summed E-state index contributed by atoms with van der Waals surface area (Å²) in [5.74, 6) is 0.958. The zero-order valence-corrected chi connectivity index (χ0v) is 10.2. The lowest BCUT2D eigenvalue weighted by atomic mass is 9.97. The Morgan fingerprint density at radius 1 is 1.39 bits per heavy atom. The largest absolute Gasteiger partial charge is 0.324 e. The molecule has 5 nitrogen and oxygen atoms in total. The van der Waals surface area contributed by atoms with Gasteiger partial charge in [0.05, 0.1) is 17.0 Å². The molecule has 0 saturated carbocycles. The predicted octanol–water partition coefficient (Wildman–Crippen LogP) is 1.36. The Hall–Kier alpha value is -1.88. The highest BCUT2D eigenvalue weighted by Crippen LogP contribution is 2.19. The van der Waals surface area contributed by atoms with Crippen LogP contribution < -0.4 is 10.6 Å². The maximum Gasteiger partial charge on any atom is 0.231 e. The first-order valence-corrected chi connectivity index (χ1v) is 6.20. The van der Waals surface area contributed by atoms with Crippen molar-refractivity contribution in [3.63, 3.8) is 0 Å². The predicted molar refractivity (Wildman–Crippen MR) is 70.2 cm³/mol. The molecule has 0 spiro atoms. The molecule has 1 aliphatic heterocycles. The lowest BCUT2D eigenvalue weighted by Crippen LogP contribution is -2.28. The molecule has 1 aliphatic rings. The molecular formula is C13H16N4O. The van der Waals surface area contributed by atoms with Gasteiger partial charge >= 0.3 is 0 Å². The van der Waals surface area contributed by atoms with E-state index in [2.05, 4.69) is 27.5 Å². The molecule has 2 aromatic rings. The minimum Gasteiger partial charge on any atom is -0.324 e. The number of H-pyrrole nitrogens is 1.